The van der Waals surface area contributed by atoms with Crippen LogP contribution < -0.4 is 10.6 Å². The van der Waals surface area contributed by atoms with E-state index < -0.39 is 42.3 Å². The number of esters is 1. The van der Waals surface area contributed by atoms with Crippen LogP contribution in [0.4, 0.5) is 4.39 Å². The summed E-state index contributed by atoms with van der Waals surface area (Å²) in [5, 5.41) is 5.74. The van der Waals surface area contributed by atoms with Crippen molar-refractivity contribution in [2.45, 2.75) is 130 Å². The molecule has 1 aromatic rings. The second-order valence-corrected chi connectivity index (χ2v) is 16.7. The maximum absolute atomic E-state index is 14.4. The van der Waals surface area contributed by atoms with Gasteiger partial charge in [-0.3, -0.25) is 28.9 Å². The molecule has 14 heteroatoms. The van der Waals surface area contributed by atoms with Crippen LogP contribution >= 0.6 is 0 Å². The Morgan fingerprint density at radius 1 is 0.782 bits per heavy atom. The van der Waals surface area contributed by atoms with Gasteiger partial charge < -0.3 is 30.1 Å². The lowest BCUT2D eigenvalue weighted by atomic mass is 9.96. The van der Waals surface area contributed by atoms with E-state index in [0.717, 1.165) is 5.56 Å². The number of hydrogen-bond donors (Lipinski definition) is 2. The molecule has 0 bridgehead atoms. The average Bonchev–Trinajstić information content (AvgIpc) is 3.80. The lowest BCUT2D eigenvalue weighted by molar-refractivity contribution is -0.162. The van der Waals surface area contributed by atoms with Gasteiger partial charge in [0.2, 0.25) is 29.5 Å². The number of carbonyl (C=O) groups is 6. The molecule has 2 heterocycles. The summed E-state index contributed by atoms with van der Waals surface area (Å²) in [7, 11) is 5.22. The van der Waals surface area contributed by atoms with E-state index >= 15 is 0 Å². The molecule has 55 heavy (non-hydrogen) atoms. The van der Waals surface area contributed by atoms with Crippen molar-refractivity contribution < 1.29 is 37.9 Å². The molecule has 5 amide bonds. The van der Waals surface area contributed by atoms with Gasteiger partial charge in [0, 0.05) is 26.7 Å². The highest BCUT2D eigenvalue weighted by molar-refractivity contribution is 5.96. The molecule has 3 rings (SSSR count). The van der Waals surface area contributed by atoms with E-state index in [9.17, 15) is 33.2 Å². The largest absolute Gasteiger partial charge is 0.460 e. The minimum Gasteiger partial charge on any atom is -0.460 e. The van der Waals surface area contributed by atoms with Crippen molar-refractivity contribution in [3.63, 3.8) is 0 Å². The number of ether oxygens (including phenoxy) is 1. The standard InChI is InChI=1S/C41H65FN6O7/c1-24(2)32(22-33(49)43-23-28-16-18-29(42)19-17-28)55-41(54)31-15-13-21-48(31)38(51)30-14-12-20-47(30)40(53)36(27(7)8)46(11)39(52)34(25(3)4)44-37(50)35(26(5)6)45(9)10/h16-19,24-27,30-32,34-36H,12-15,20-23H2,1-11H3,(H,43,49)(H,44,50)/t30-,31-,32?,34-,35-,36-/m0/s1. The van der Waals surface area contributed by atoms with Crippen LogP contribution in [0.2, 0.25) is 0 Å². The van der Waals surface area contributed by atoms with Crippen LogP contribution in [0.25, 0.3) is 0 Å². The van der Waals surface area contributed by atoms with Gasteiger partial charge >= 0.3 is 5.97 Å². The number of benzene rings is 1. The topological polar surface area (TPSA) is 149 Å². The van der Waals surface area contributed by atoms with Crippen molar-refractivity contribution >= 4 is 35.5 Å². The molecule has 1 unspecified atom stereocenters. The number of likely N-dealkylation sites (tertiary alicyclic amines) is 2. The Morgan fingerprint density at radius 3 is 1.87 bits per heavy atom. The zero-order valence-electron chi connectivity index (χ0n) is 34.8. The number of nitrogens with one attached hydrogen (secondary N) is 2. The predicted molar refractivity (Wildman–Crippen MR) is 208 cm³/mol. The summed E-state index contributed by atoms with van der Waals surface area (Å²) >= 11 is 0. The fraction of sp³-hybridized carbons (Fsp3) is 0.707. The number of likely N-dealkylation sites (N-methyl/N-ethyl adjacent to an activating group) is 2. The van der Waals surface area contributed by atoms with Crippen LogP contribution in [0.1, 0.15) is 93.1 Å². The monoisotopic (exact) mass is 772 g/mol. The third-order valence-corrected chi connectivity index (χ3v) is 10.8. The van der Waals surface area contributed by atoms with Gasteiger partial charge in [-0.25, -0.2) is 9.18 Å². The van der Waals surface area contributed by atoms with Crippen molar-refractivity contribution in [3.8, 4) is 0 Å². The van der Waals surface area contributed by atoms with Gasteiger partial charge in [0.1, 0.15) is 36.1 Å². The van der Waals surface area contributed by atoms with E-state index in [-0.39, 0.29) is 72.0 Å². The molecule has 0 aromatic heterocycles. The van der Waals surface area contributed by atoms with Gasteiger partial charge in [-0.05, 0) is 81.1 Å². The number of amides is 5. The Balaban J connectivity index is 1.72. The molecule has 2 aliphatic heterocycles. The van der Waals surface area contributed by atoms with Crippen LogP contribution in [-0.2, 0) is 40.0 Å². The molecule has 0 radical (unpaired) electrons. The highest BCUT2D eigenvalue weighted by Gasteiger charge is 2.46. The lowest BCUT2D eigenvalue weighted by Gasteiger charge is -2.38. The van der Waals surface area contributed by atoms with Crippen LogP contribution in [0, 0.1) is 29.5 Å². The minimum absolute atomic E-state index is 0.00515. The Morgan fingerprint density at radius 2 is 1.35 bits per heavy atom. The Labute approximate surface area is 327 Å². The number of nitrogens with zero attached hydrogens (tertiary/aromatic N) is 4. The molecule has 0 saturated carbocycles. The first-order valence-corrected chi connectivity index (χ1v) is 19.8. The second kappa shape index (κ2) is 20.2. The van der Waals surface area contributed by atoms with Crippen LogP contribution in [0.15, 0.2) is 24.3 Å². The number of carbonyl (C=O) groups excluding carboxylic acids is 6. The molecule has 2 saturated heterocycles. The minimum atomic E-state index is -0.894. The average molecular weight is 773 g/mol. The Bertz CT molecular complexity index is 1490. The predicted octanol–water partition coefficient (Wildman–Crippen LogP) is 3.59. The highest BCUT2D eigenvalue weighted by Crippen LogP contribution is 2.29. The molecular formula is C41H65FN6O7. The van der Waals surface area contributed by atoms with Crippen molar-refractivity contribution in [1.82, 2.24) is 30.2 Å². The van der Waals surface area contributed by atoms with Gasteiger partial charge in [-0.2, -0.15) is 0 Å². The Hall–Kier alpha value is -4.07. The zero-order valence-corrected chi connectivity index (χ0v) is 34.8. The number of rotatable bonds is 17. The second-order valence-electron chi connectivity index (χ2n) is 16.7. The molecule has 2 N–H and O–H groups in total. The van der Waals surface area contributed by atoms with E-state index in [1.165, 1.54) is 21.9 Å². The third kappa shape index (κ3) is 11.7. The van der Waals surface area contributed by atoms with Crippen LogP contribution in [0.3, 0.4) is 0 Å². The summed E-state index contributed by atoms with van der Waals surface area (Å²) in [6.07, 6.45) is 1.17. The number of hydrogen-bond acceptors (Lipinski definition) is 8. The summed E-state index contributed by atoms with van der Waals surface area (Å²) < 4.78 is 19.1. The maximum Gasteiger partial charge on any atom is 0.329 e. The molecule has 2 fully saturated rings. The molecular weight excluding hydrogens is 707 g/mol. The van der Waals surface area contributed by atoms with Crippen molar-refractivity contribution in [2.24, 2.45) is 23.7 Å². The van der Waals surface area contributed by atoms with E-state index in [1.807, 2.05) is 74.4 Å². The molecule has 6 atom stereocenters. The molecule has 308 valence electrons. The zero-order chi connectivity index (χ0) is 41.3. The van der Waals surface area contributed by atoms with E-state index in [0.29, 0.717) is 38.8 Å². The van der Waals surface area contributed by atoms with Gasteiger partial charge in [-0.1, -0.05) is 67.5 Å². The summed E-state index contributed by atoms with van der Waals surface area (Å²) in [6.45, 7) is 15.8. The normalized spacial score (nSPS) is 19.5. The highest BCUT2D eigenvalue weighted by atomic mass is 19.1. The SMILES string of the molecule is CC(C)C(CC(=O)NCc1ccc(F)cc1)OC(=O)[C@@H]1CCCN1C(=O)[C@@H]1CCCN1C(=O)[C@H](C(C)C)N(C)C(=O)[C@@H](NC(=O)[C@H](C(C)C)N(C)C)C(C)C. The summed E-state index contributed by atoms with van der Waals surface area (Å²) in [6, 6.07) is 1.93. The van der Waals surface area contributed by atoms with Gasteiger partial charge in [0.15, 0.2) is 0 Å². The van der Waals surface area contributed by atoms with E-state index in [4.69, 9.17) is 4.74 Å². The quantitative estimate of drug-likeness (QED) is 0.229. The molecule has 0 spiro atoms. The van der Waals surface area contributed by atoms with Crippen molar-refractivity contribution in [3.05, 3.63) is 35.6 Å². The van der Waals surface area contributed by atoms with E-state index in [2.05, 4.69) is 10.6 Å². The fourth-order valence-corrected chi connectivity index (χ4v) is 7.76. The summed E-state index contributed by atoms with van der Waals surface area (Å²) in [5.41, 5.74) is 0.731. The maximum atomic E-state index is 14.4. The van der Waals surface area contributed by atoms with Gasteiger partial charge in [0.05, 0.1) is 12.5 Å². The summed E-state index contributed by atoms with van der Waals surface area (Å²) in [5.74, 6) is -3.36. The van der Waals surface area contributed by atoms with E-state index in [1.54, 1.807) is 24.1 Å². The Kier molecular flexibility index (Phi) is 16.6. The molecule has 2 aliphatic rings. The first-order valence-electron chi connectivity index (χ1n) is 19.8. The van der Waals surface area contributed by atoms with Crippen LogP contribution in [-0.4, -0.2) is 126 Å². The first-order chi connectivity index (χ1) is 25.8. The summed E-state index contributed by atoms with van der Waals surface area (Å²) in [4.78, 5) is 88.7. The lowest BCUT2D eigenvalue weighted by Crippen LogP contribution is -2.61. The van der Waals surface area contributed by atoms with Crippen molar-refractivity contribution in [1.29, 1.82) is 0 Å². The third-order valence-electron chi connectivity index (χ3n) is 10.8. The smallest absolute Gasteiger partial charge is 0.329 e. The molecule has 13 nitrogen and oxygen atoms in total. The van der Waals surface area contributed by atoms with Gasteiger partial charge in [-0.15, -0.1) is 0 Å². The van der Waals surface area contributed by atoms with Crippen molar-refractivity contribution in [2.75, 3.05) is 34.2 Å². The number of halogens is 1. The fourth-order valence-electron chi connectivity index (χ4n) is 7.76. The van der Waals surface area contributed by atoms with Gasteiger partial charge in [0.25, 0.3) is 0 Å². The molecule has 0 aliphatic carbocycles. The molecule has 1 aromatic carbocycles. The van der Waals surface area contributed by atoms with Crippen LogP contribution in [0.5, 0.6) is 0 Å². The first kappa shape index (κ1) is 45.3.